The van der Waals surface area contributed by atoms with Gasteiger partial charge in [-0.3, -0.25) is 0 Å². The highest BCUT2D eigenvalue weighted by Crippen LogP contribution is 2.26. The fraction of sp³-hybridized carbons (Fsp3) is 0.591. The number of esters is 3. The van der Waals surface area contributed by atoms with Crippen molar-refractivity contribution in [2.24, 2.45) is 16.7 Å². The topological polar surface area (TPSA) is 160 Å². The molecule has 0 bridgehead atoms. The van der Waals surface area contributed by atoms with Gasteiger partial charge < -0.3 is 34.6 Å². The first-order chi connectivity index (χ1) is 15.1. The third kappa shape index (κ3) is 11.2. The van der Waals surface area contributed by atoms with Gasteiger partial charge >= 0.3 is 17.9 Å². The van der Waals surface area contributed by atoms with E-state index in [9.17, 15) is 14.4 Å². The Labute approximate surface area is 188 Å². The van der Waals surface area contributed by atoms with Gasteiger partial charge in [0, 0.05) is 30.2 Å². The minimum absolute atomic E-state index is 0.0802. The molecule has 0 aliphatic rings. The molecule has 10 heteroatoms. The molecule has 0 aliphatic heterocycles. The molecule has 0 rings (SSSR count). The Morgan fingerprint density at radius 1 is 0.781 bits per heavy atom. The summed E-state index contributed by atoms with van der Waals surface area (Å²) in [4.78, 5) is 33.5. The van der Waals surface area contributed by atoms with Crippen LogP contribution in [0.3, 0.4) is 0 Å². The van der Waals surface area contributed by atoms with Crippen LogP contribution < -0.4 is 0 Å². The van der Waals surface area contributed by atoms with Gasteiger partial charge in [-0.05, 0) is 12.3 Å². The lowest BCUT2D eigenvalue weighted by Crippen LogP contribution is -2.41. The van der Waals surface area contributed by atoms with Crippen LogP contribution in [-0.4, -0.2) is 84.6 Å². The van der Waals surface area contributed by atoms with E-state index >= 15 is 0 Å². The van der Waals surface area contributed by atoms with Crippen molar-refractivity contribution in [3.05, 3.63) is 38.0 Å². The molecular formula is C22H36O10. The number of hydrogen-bond donors (Lipinski definition) is 4. The van der Waals surface area contributed by atoms with Crippen LogP contribution in [0.2, 0.25) is 0 Å². The van der Waals surface area contributed by atoms with Crippen molar-refractivity contribution in [2.75, 3.05) is 46.2 Å². The minimum Gasteiger partial charge on any atom is -0.462 e. The predicted molar refractivity (Wildman–Crippen MR) is 116 cm³/mol. The zero-order chi connectivity index (χ0) is 25.2. The Bertz CT molecular complexity index is 542. The summed E-state index contributed by atoms with van der Waals surface area (Å²) in [6.45, 7) is 12.0. The molecule has 32 heavy (non-hydrogen) atoms. The summed E-state index contributed by atoms with van der Waals surface area (Å²) >= 11 is 0. The fourth-order valence-corrected chi connectivity index (χ4v) is 2.09. The van der Waals surface area contributed by atoms with E-state index in [1.54, 1.807) is 13.8 Å². The van der Waals surface area contributed by atoms with Gasteiger partial charge in [0.15, 0.2) is 0 Å². The van der Waals surface area contributed by atoms with Crippen molar-refractivity contribution in [1.82, 2.24) is 0 Å². The third-order valence-electron chi connectivity index (χ3n) is 5.08. The number of ether oxygens (including phenoxy) is 3. The molecule has 0 aromatic carbocycles. The Morgan fingerprint density at radius 2 is 1.09 bits per heavy atom. The van der Waals surface area contributed by atoms with Crippen LogP contribution >= 0.6 is 0 Å². The molecule has 0 amide bonds. The second-order valence-electron chi connectivity index (χ2n) is 7.21. The quantitative estimate of drug-likeness (QED) is 0.150. The van der Waals surface area contributed by atoms with E-state index in [-0.39, 0.29) is 52.2 Å². The van der Waals surface area contributed by atoms with E-state index in [0.717, 1.165) is 18.2 Å². The van der Waals surface area contributed by atoms with Gasteiger partial charge in [-0.2, -0.15) is 0 Å². The molecule has 1 atom stereocenters. The maximum absolute atomic E-state index is 11.2. The first kappa shape index (κ1) is 31.7. The molecule has 0 aromatic rings. The first-order valence-electron chi connectivity index (χ1n) is 9.90. The first-order valence-corrected chi connectivity index (χ1v) is 9.90. The van der Waals surface area contributed by atoms with Crippen LogP contribution in [0, 0.1) is 16.7 Å². The van der Waals surface area contributed by atoms with E-state index in [4.69, 9.17) is 34.6 Å². The summed E-state index contributed by atoms with van der Waals surface area (Å²) in [5, 5.41) is 35.3. The molecule has 0 aliphatic carbocycles. The molecule has 0 fully saturated rings. The predicted octanol–water partition coefficient (Wildman–Crippen LogP) is 0.149. The summed E-state index contributed by atoms with van der Waals surface area (Å²) in [7, 11) is 0. The molecule has 0 saturated carbocycles. The second kappa shape index (κ2) is 17.1. The summed E-state index contributed by atoms with van der Waals surface area (Å²) in [5.41, 5.74) is -1.79. The standard InChI is InChI=1S/C15H20O6.C7H16O4/c1-5-12(16)19-9-15(8-4,10-20-13(17)6-2)11-21-14(18)7-3;1-6(2-8)7(3-9,4-10)5-11/h5-7H,1-3,8-11H2,4H3;6,8-11H,2-5H2,1H3. The van der Waals surface area contributed by atoms with Crippen molar-refractivity contribution in [1.29, 1.82) is 0 Å². The smallest absolute Gasteiger partial charge is 0.330 e. The summed E-state index contributed by atoms with van der Waals surface area (Å²) in [5.74, 6) is -2.14. The molecule has 0 aromatic heterocycles. The summed E-state index contributed by atoms with van der Waals surface area (Å²) < 4.78 is 15.0. The molecule has 0 heterocycles. The molecule has 0 spiro atoms. The number of carbonyl (C=O) groups is 3. The van der Waals surface area contributed by atoms with E-state index in [2.05, 4.69) is 19.7 Å². The zero-order valence-electron chi connectivity index (χ0n) is 18.8. The molecule has 10 nitrogen and oxygen atoms in total. The van der Waals surface area contributed by atoms with E-state index in [1.165, 1.54) is 0 Å². The van der Waals surface area contributed by atoms with Gasteiger partial charge in [-0.15, -0.1) is 0 Å². The molecular weight excluding hydrogens is 424 g/mol. The van der Waals surface area contributed by atoms with E-state index < -0.39 is 28.7 Å². The van der Waals surface area contributed by atoms with Crippen molar-refractivity contribution in [3.63, 3.8) is 0 Å². The summed E-state index contributed by atoms with van der Waals surface area (Å²) in [6, 6.07) is 0. The molecule has 1 unspecified atom stereocenters. The van der Waals surface area contributed by atoms with Crippen LogP contribution in [-0.2, 0) is 28.6 Å². The lowest BCUT2D eigenvalue weighted by atomic mass is 9.79. The highest BCUT2D eigenvalue weighted by molar-refractivity contribution is 5.82. The van der Waals surface area contributed by atoms with Gasteiger partial charge in [-0.1, -0.05) is 33.6 Å². The average molecular weight is 461 g/mol. The Morgan fingerprint density at radius 3 is 1.25 bits per heavy atom. The maximum Gasteiger partial charge on any atom is 0.330 e. The van der Waals surface area contributed by atoms with Gasteiger partial charge in [0.05, 0.1) is 25.2 Å². The Hall–Kier alpha value is -2.53. The largest absolute Gasteiger partial charge is 0.462 e. The molecule has 0 saturated heterocycles. The highest BCUT2D eigenvalue weighted by Gasteiger charge is 2.34. The van der Waals surface area contributed by atoms with Crippen LogP contribution in [0.25, 0.3) is 0 Å². The number of hydrogen-bond acceptors (Lipinski definition) is 10. The normalized spacial score (nSPS) is 11.8. The van der Waals surface area contributed by atoms with Gasteiger partial charge in [0.2, 0.25) is 0 Å². The van der Waals surface area contributed by atoms with E-state index in [0.29, 0.717) is 6.42 Å². The van der Waals surface area contributed by atoms with Crippen LogP contribution in [0.1, 0.15) is 20.3 Å². The maximum atomic E-state index is 11.2. The van der Waals surface area contributed by atoms with Crippen LogP contribution in [0.4, 0.5) is 0 Å². The molecule has 0 radical (unpaired) electrons. The number of carbonyl (C=O) groups excluding carboxylic acids is 3. The van der Waals surface area contributed by atoms with Crippen molar-refractivity contribution < 1.29 is 49.0 Å². The van der Waals surface area contributed by atoms with Gasteiger partial charge in [0.25, 0.3) is 0 Å². The van der Waals surface area contributed by atoms with E-state index in [1.807, 2.05) is 0 Å². The second-order valence-corrected chi connectivity index (χ2v) is 7.21. The van der Waals surface area contributed by atoms with Gasteiger partial charge in [-0.25, -0.2) is 14.4 Å². The van der Waals surface area contributed by atoms with Crippen LogP contribution in [0.5, 0.6) is 0 Å². The fourth-order valence-electron chi connectivity index (χ4n) is 2.09. The average Bonchev–Trinajstić information content (AvgIpc) is 2.84. The summed E-state index contributed by atoms with van der Waals surface area (Å²) in [6.07, 6.45) is 3.51. The lowest BCUT2D eigenvalue weighted by Gasteiger charge is -2.32. The van der Waals surface area contributed by atoms with Crippen molar-refractivity contribution >= 4 is 17.9 Å². The monoisotopic (exact) mass is 460 g/mol. The zero-order valence-corrected chi connectivity index (χ0v) is 18.8. The van der Waals surface area contributed by atoms with Crippen molar-refractivity contribution in [3.8, 4) is 0 Å². The minimum atomic E-state index is -0.950. The molecule has 184 valence electrons. The Kier molecular flexibility index (Phi) is 16.9. The van der Waals surface area contributed by atoms with Gasteiger partial charge in [0.1, 0.15) is 19.8 Å². The number of aliphatic hydroxyl groups is 4. The Balaban J connectivity index is 0. The van der Waals surface area contributed by atoms with Crippen LogP contribution in [0.15, 0.2) is 38.0 Å². The lowest BCUT2D eigenvalue weighted by molar-refractivity contribution is -0.156. The highest BCUT2D eigenvalue weighted by atomic mass is 16.6. The third-order valence-corrected chi connectivity index (χ3v) is 5.08. The molecule has 4 N–H and O–H groups in total. The SMILES string of the molecule is C=CC(=O)OCC(CC)(COC(=O)C=C)COC(=O)C=C.CC(CO)C(CO)(CO)CO. The number of aliphatic hydroxyl groups excluding tert-OH is 4. The number of rotatable bonds is 15. The van der Waals surface area contributed by atoms with Crippen molar-refractivity contribution in [2.45, 2.75) is 20.3 Å².